The van der Waals surface area contributed by atoms with Gasteiger partial charge in [-0.05, 0) is 73.9 Å². The Morgan fingerprint density at radius 1 is 0.914 bits per heavy atom. The lowest BCUT2D eigenvalue weighted by atomic mass is 10.1. The van der Waals surface area contributed by atoms with E-state index in [1.165, 1.54) is 0 Å². The van der Waals surface area contributed by atoms with Gasteiger partial charge in [0.2, 0.25) is 15.9 Å². The molecular formula is C27H31N3O4S. The second-order valence-corrected chi connectivity index (χ2v) is 10.3. The number of amides is 2. The van der Waals surface area contributed by atoms with Crippen molar-refractivity contribution in [2.75, 3.05) is 18.9 Å². The topological polar surface area (TPSA) is 95.6 Å². The number of hydrogen-bond acceptors (Lipinski definition) is 4. The van der Waals surface area contributed by atoms with E-state index in [2.05, 4.69) is 10.0 Å². The van der Waals surface area contributed by atoms with Gasteiger partial charge in [0, 0.05) is 31.3 Å². The van der Waals surface area contributed by atoms with Gasteiger partial charge in [0.25, 0.3) is 5.91 Å². The fraction of sp³-hybridized carbons (Fsp3) is 0.259. The van der Waals surface area contributed by atoms with E-state index in [9.17, 15) is 18.0 Å². The van der Waals surface area contributed by atoms with Crippen LogP contribution in [0.2, 0.25) is 0 Å². The summed E-state index contributed by atoms with van der Waals surface area (Å²) in [5.74, 6) is -0.408. The van der Waals surface area contributed by atoms with Gasteiger partial charge in [-0.15, -0.1) is 0 Å². The third kappa shape index (κ3) is 6.77. The van der Waals surface area contributed by atoms with E-state index < -0.39 is 10.0 Å². The lowest BCUT2D eigenvalue weighted by Crippen LogP contribution is -2.33. The fourth-order valence-electron chi connectivity index (χ4n) is 3.54. The molecule has 2 amide bonds. The first-order valence-electron chi connectivity index (χ1n) is 11.4. The molecule has 0 spiro atoms. The standard InChI is InChI=1S/C27H31N3O4S/c1-19-13-14-25(17-20(19)2)35(33,34)28-16-15-26(31)30(4)21(3)23-11-8-12-24(18-23)29-27(32)22-9-6-5-7-10-22/h5-14,17-18,21,28H,15-16H2,1-4H3,(H,29,32)/t21-/m0/s1. The SMILES string of the molecule is Cc1ccc(S(=O)(=O)NCCC(=O)N(C)[C@@H](C)c2cccc(NC(=O)c3ccccc3)c2)cc1C. The van der Waals surface area contributed by atoms with Crippen LogP contribution in [-0.2, 0) is 14.8 Å². The molecule has 0 heterocycles. The van der Waals surface area contributed by atoms with Crippen molar-refractivity contribution in [2.24, 2.45) is 0 Å². The van der Waals surface area contributed by atoms with Crippen LogP contribution in [0.15, 0.2) is 77.7 Å². The Hall–Kier alpha value is -3.49. The van der Waals surface area contributed by atoms with Crippen LogP contribution in [-0.4, -0.2) is 38.7 Å². The van der Waals surface area contributed by atoms with Crippen molar-refractivity contribution in [1.82, 2.24) is 9.62 Å². The van der Waals surface area contributed by atoms with Crippen LogP contribution >= 0.6 is 0 Å². The van der Waals surface area contributed by atoms with Crippen LogP contribution in [0.4, 0.5) is 5.69 Å². The van der Waals surface area contributed by atoms with Crippen molar-refractivity contribution in [3.63, 3.8) is 0 Å². The minimum absolute atomic E-state index is 0.00166. The Balaban J connectivity index is 1.58. The molecule has 0 unspecified atom stereocenters. The van der Waals surface area contributed by atoms with Gasteiger partial charge in [0.05, 0.1) is 10.9 Å². The van der Waals surface area contributed by atoms with E-state index in [1.54, 1.807) is 60.5 Å². The molecule has 0 bridgehead atoms. The molecule has 3 aromatic rings. The summed E-state index contributed by atoms with van der Waals surface area (Å²) < 4.78 is 27.6. The van der Waals surface area contributed by atoms with Gasteiger partial charge in [0.1, 0.15) is 0 Å². The maximum absolute atomic E-state index is 12.7. The number of benzene rings is 3. The highest BCUT2D eigenvalue weighted by Crippen LogP contribution is 2.23. The Labute approximate surface area is 207 Å². The molecule has 0 aromatic heterocycles. The molecule has 1 atom stereocenters. The Morgan fingerprint density at radius 3 is 2.31 bits per heavy atom. The zero-order valence-corrected chi connectivity index (χ0v) is 21.2. The molecular weight excluding hydrogens is 462 g/mol. The summed E-state index contributed by atoms with van der Waals surface area (Å²) in [7, 11) is -2.01. The molecule has 0 aliphatic rings. The highest BCUT2D eigenvalue weighted by atomic mass is 32.2. The van der Waals surface area contributed by atoms with Crippen molar-refractivity contribution in [1.29, 1.82) is 0 Å². The minimum Gasteiger partial charge on any atom is -0.339 e. The molecule has 184 valence electrons. The molecule has 35 heavy (non-hydrogen) atoms. The van der Waals surface area contributed by atoms with Gasteiger partial charge < -0.3 is 10.2 Å². The summed E-state index contributed by atoms with van der Waals surface area (Å²) in [6.07, 6.45) is 0.0232. The number of nitrogens with one attached hydrogen (secondary N) is 2. The second-order valence-electron chi connectivity index (χ2n) is 8.52. The third-order valence-corrected chi connectivity index (χ3v) is 7.52. The van der Waals surface area contributed by atoms with E-state index in [0.29, 0.717) is 11.3 Å². The number of rotatable bonds is 9. The lowest BCUT2D eigenvalue weighted by molar-refractivity contribution is -0.131. The molecule has 0 aliphatic carbocycles. The zero-order valence-electron chi connectivity index (χ0n) is 20.4. The first kappa shape index (κ1) is 26.1. The Morgan fingerprint density at radius 2 is 1.63 bits per heavy atom. The predicted octanol–water partition coefficient (Wildman–Crippen LogP) is 4.44. The average Bonchev–Trinajstić information content (AvgIpc) is 2.85. The van der Waals surface area contributed by atoms with Gasteiger partial charge >= 0.3 is 0 Å². The molecule has 0 fully saturated rings. The number of carbonyl (C=O) groups is 2. The smallest absolute Gasteiger partial charge is 0.255 e. The number of aryl methyl sites for hydroxylation is 2. The van der Waals surface area contributed by atoms with E-state index in [-0.39, 0.29) is 35.7 Å². The van der Waals surface area contributed by atoms with Crippen LogP contribution in [0.25, 0.3) is 0 Å². The van der Waals surface area contributed by atoms with E-state index in [1.807, 2.05) is 45.0 Å². The maximum atomic E-state index is 12.7. The molecule has 7 nitrogen and oxygen atoms in total. The van der Waals surface area contributed by atoms with Gasteiger partial charge in [0.15, 0.2) is 0 Å². The molecule has 3 rings (SSSR count). The molecule has 0 radical (unpaired) electrons. The quantitative estimate of drug-likeness (QED) is 0.461. The van der Waals surface area contributed by atoms with E-state index in [4.69, 9.17) is 0 Å². The highest BCUT2D eigenvalue weighted by molar-refractivity contribution is 7.89. The van der Waals surface area contributed by atoms with Crippen LogP contribution in [0.3, 0.4) is 0 Å². The fourth-order valence-corrected chi connectivity index (χ4v) is 4.66. The summed E-state index contributed by atoms with van der Waals surface area (Å²) in [6, 6.07) is 20.9. The summed E-state index contributed by atoms with van der Waals surface area (Å²) in [6.45, 7) is 5.66. The van der Waals surface area contributed by atoms with Crippen molar-refractivity contribution in [2.45, 2.75) is 38.1 Å². The molecule has 8 heteroatoms. The Kier molecular flexibility index (Phi) is 8.43. The van der Waals surface area contributed by atoms with Crippen LogP contribution in [0, 0.1) is 13.8 Å². The average molecular weight is 494 g/mol. The summed E-state index contributed by atoms with van der Waals surface area (Å²) in [4.78, 5) is 26.9. The largest absolute Gasteiger partial charge is 0.339 e. The predicted molar refractivity (Wildman–Crippen MR) is 138 cm³/mol. The van der Waals surface area contributed by atoms with Gasteiger partial charge in [-0.3, -0.25) is 9.59 Å². The molecule has 2 N–H and O–H groups in total. The van der Waals surface area contributed by atoms with Crippen LogP contribution < -0.4 is 10.0 Å². The molecule has 3 aromatic carbocycles. The number of carbonyl (C=O) groups excluding carboxylic acids is 2. The van der Waals surface area contributed by atoms with Crippen molar-refractivity contribution in [3.05, 3.63) is 95.1 Å². The van der Waals surface area contributed by atoms with Crippen molar-refractivity contribution < 1.29 is 18.0 Å². The summed E-state index contributed by atoms with van der Waals surface area (Å²) in [5.41, 5.74) is 3.94. The number of hydrogen-bond donors (Lipinski definition) is 2. The van der Waals surface area contributed by atoms with Crippen molar-refractivity contribution in [3.8, 4) is 0 Å². The van der Waals surface area contributed by atoms with E-state index in [0.717, 1.165) is 16.7 Å². The minimum atomic E-state index is -3.69. The highest BCUT2D eigenvalue weighted by Gasteiger charge is 2.20. The second kappa shape index (κ2) is 11.3. The molecule has 0 aliphatic heterocycles. The maximum Gasteiger partial charge on any atom is 0.255 e. The number of sulfonamides is 1. The van der Waals surface area contributed by atoms with Crippen LogP contribution in [0.1, 0.15) is 46.4 Å². The number of anilines is 1. The summed E-state index contributed by atoms with van der Waals surface area (Å²) >= 11 is 0. The lowest BCUT2D eigenvalue weighted by Gasteiger charge is -2.26. The van der Waals surface area contributed by atoms with Gasteiger partial charge in [-0.25, -0.2) is 13.1 Å². The third-order valence-electron chi connectivity index (χ3n) is 6.06. The monoisotopic (exact) mass is 493 g/mol. The normalized spacial score (nSPS) is 12.1. The molecule has 0 saturated carbocycles. The van der Waals surface area contributed by atoms with Crippen LogP contribution in [0.5, 0.6) is 0 Å². The number of nitrogens with zero attached hydrogens (tertiary/aromatic N) is 1. The summed E-state index contributed by atoms with van der Waals surface area (Å²) in [5, 5.41) is 2.88. The first-order valence-corrected chi connectivity index (χ1v) is 12.9. The first-order chi connectivity index (χ1) is 16.6. The molecule has 0 saturated heterocycles. The van der Waals surface area contributed by atoms with Gasteiger partial charge in [-0.1, -0.05) is 36.4 Å². The zero-order chi connectivity index (χ0) is 25.6. The van der Waals surface area contributed by atoms with Gasteiger partial charge in [-0.2, -0.15) is 0 Å². The Bertz CT molecular complexity index is 1310. The van der Waals surface area contributed by atoms with Crippen molar-refractivity contribution >= 4 is 27.5 Å². The van der Waals surface area contributed by atoms with E-state index >= 15 is 0 Å².